The summed E-state index contributed by atoms with van der Waals surface area (Å²) < 4.78 is 2.15. The van der Waals surface area contributed by atoms with Gasteiger partial charge in [0.15, 0.2) is 0 Å². The topological polar surface area (TPSA) is 42.2 Å². The summed E-state index contributed by atoms with van der Waals surface area (Å²) in [6, 6.07) is 22.9. The number of benzene rings is 3. The van der Waals surface area contributed by atoms with Crippen LogP contribution in [-0.2, 0) is 6.54 Å². The van der Waals surface area contributed by atoms with Gasteiger partial charge in [0.1, 0.15) is 5.65 Å². The van der Waals surface area contributed by atoms with Crippen molar-refractivity contribution in [2.24, 2.45) is 0 Å². The molecule has 27 heavy (non-hydrogen) atoms. The third-order valence-corrected chi connectivity index (χ3v) is 5.15. The summed E-state index contributed by atoms with van der Waals surface area (Å²) in [5.74, 6) is 0.818. The number of hydrogen-bond donors (Lipinski definition) is 1. The Labute approximate surface area is 157 Å². The van der Waals surface area contributed by atoms with Crippen LogP contribution in [0.4, 0.5) is 5.95 Å². The summed E-state index contributed by atoms with van der Waals surface area (Å²) in [7, 11) is 0. The minimum Gasteiger partial charge on any atom is -0.351 e. The summed E-state index contributed by atoms with van der Waals surface area (Å²) >= 11 is 0. The first-order valence-corrected chi connectivity index (χ1v) is 9.17. The molecule has 0 radical (unpaired) electrons. The molecule has 0 bridgehead atoms. The Morgan fingerprint density at radius 1 is 0.815 bits per heavy atom. The van der Waals surface area contributed by atoms with Crippen LogP contribution in [0.2, 0.25) is 0 Å². The number of para-hydroxylation sites is 1. The molecule has 0 spiro atoms. The lowest BCUT2D eigenvalue weighted by Crippen LogP contribution is -2.07. The molecular weight excluding hydrogens is 332 g/mol. The Kier molecular flexibility index (Phi) is 3.57. The average Bonchev–Trinajstić information content (AvgIpc) is 3.06. The Morgan fingerprint density at radius 3 is 2.41 bits per heavy atom. The molecule has 2 heterocycles. The molecule has 0 unspecified atom stereocenters. The molecule has 0 saturated heterocycles. The zero-order valence-electron chi connectivity index (χ0n) is 15.4. The minimum absolute atomic E-state index is 0.714. The summed E-state index contributed by atoms with van der Waals surface area (Å²) in [6.07, 6.45) is 0. The van der Waals surface area contributed by atoms with Crippen molar-refractivity contribution in [3.05, 3.63) is 83.4 Å². The summed E-state index contributed by atoms with van der Waals surface area (Å²) in [5, 5.41) is 4.58. The molecule has 0 aliphatic rings. The maximum atomic E-state index is 4.94. The highest BCUT2D eigenvalue weighted by Crippen LogP contribution is 2.28. The van der Waals surface area contributed by atoms with Gasteiger partial charge in [-0.05, 0) is 54.8 Å². The van der Waals surface area contributed by atoms with E-state index in [0.717, 1.165) is 33.5 Å². The molecular formula is C23H20N4. The highest BCUT2D eigenvalue weighted by atomic mass is 15.2. The lowest BCUT2D eigenvalue weighted by Gasteiger charge is -2.11. The van der Waals surface area contributed by atoms with Gasteiger partial charge >= 0.3 is 0 Å². The van der Waals surface area contributed by atoms with Crippen LogP contribution in [0.5, 0.6) is 0 Å². The fourth-order valence-corrected chi connectivity index (χ4v) is 3.55. The molecule has 0 fully saturated rings. The number of nitrogens with one attached hydrogen (secondary N) is 1. The predicted octanol–water partition coefficient (Wildman–Crippen LogP) is 5.26. The molecule has 4 nitrogen and oxygen atoms in total. The number of fused-ring (bicyclic) bond motifs is 5. The van der Waals surface area contributed by atoms with Gasteiger partial charge in [0.2, 0.25) is 5.95 Å². The largest absolute Gasteiger partial charge is 0.351 e. The summed E-state index contributed by atoms with van der Waals surface area (Å²) in [6.45, 7) is 4.98. The zero-order chi connectivity index (χ0) is 18.4. The summed E-state index contributed by atoms with van der Waals surface area (Å²) in [4.78, 5) is 9.85. The average molecular weight is 352 g/mol. The second-order valence-corrected chi connectivity index (χ2v) is 6.99. The smallest absolute Gasteiger partial charge is 0.210 e. The highest BCUT2D eigenvalue weighted by molar-refractivity contribution is 5.98. The molecule has 4 heteroatoms. The SMILES string of the molecule is Cc1cc2nc3c4ccccc4nc(NCc4ccccc4)n3c2cc1C. The van der Waals surface area contributed by atoms with E-state index in [2.05, 4.69) is 66.0 Å². The molecule has 5 aromatic rings. The molecule has 0 aliphatic carbocycles. The molecule has 1 N–H and O–H groups in total. The molecule has 0 aliphatic heterocycles. The normalized spacial score (nSPS) is 11.5. The van der Waals surface area contributed by atoms with E-state index < -0.39 is 0 Å². The fraction of sp³-hybridized carbons (Fsp3) is 0.130. The van der Waals surface area contributed by atoms with Gasteiger partial charge in [-0.25, -0.2) is 9.97 Å². The van der Waals surface area contributed by atoms with Crippen molar-refractivity contribution >= 4 is 33.5 Å². The first kappa shape index (κ1) is 15.8. The van der Waals surface area contributed by atoms with Crippen LogP contribution < -0.4 is 5.32 Å². The van der Waals surface area contributed by atoms with Crippen molar-refractivity contribution in [1.29, 1.82) is 0 Å². The van der Waals surface area contributed by atoms with Crippen LogP contribution in [0.15, 0.2) is 66.7 Å². The fourth-order valence-electron chi connectivity index (χ4n) is 3.55. The van der Waals surface area contributed by atoms with Gasteiger partial charge < -0.3 is 5.32 Å². The van der Waals surface area contributed by atoms with Gasteiger partial charge in [-0.3, -0.25) is 4.40 Å². The van der Waals surface area contributed by atoms with Crippen LogP contribution in [-0.4, -0.2) is 14.4 Å². The quantitative estimate of drug-likeness (QED) is 0.481. The third kappa shape index (κ3) is 2.61. The number of imidazole rings is 1. The highest BCUT2D eigenvalue weighted by Gasteiger charge is 2.14. The second kappa shape index (κ2) is 6.09. The van der Waals surface area contributed by atoms with Crippen LogP contribution in [0.3, 0.4) is 0 Å². The van der Waals surface area contributed by atoms with Crippen LogP contribution >= 0.6 is 0 Å². The monoisotopic (exact) mass is 352 g/mol. The van der Waals surface area contributed by atoms with Crippen LogP contribution in [0.25, 0.3) is 27.6 Å². The Balaban J connectivity index is 1.77. The van der Waals surface area contributed by atoms with Crippen molar-refractivity contribution in [1.82, 2.24) is 14.4 Å². The van der Waals surface area contributed by atoms with Crippen LogP contribution in [0, 0.1) is 13.8 Å². The number of rotatable bonds is 3. The van der Waals surface area contributed by atoms with E-state index in [1.807, 2.05) is 24.3 Å². The Hall–Kier alpha value is -3.40. The van der Waals surface area contributed by atoms with Crippen molar-refractivity contribution in [2.45, 2.75) is 20.4 Å². The Bertz CT molecular complexity index is 1290. The first-order chi connectivity index (χ1) is 13.2. The number of anilines is 1. The second-order valence-electron chi connectivity index (χ2n) is 6.99. The molecule has 2 aromatic heterocycles. The summed E-state index contributed by atoms with van der Waals surface area (Å²) in [5.41, 5.74) is 7.70. The van der Waals surface area contributed by atoms with E-state index in [-0.39, 0.29) is 0 Å². The lowest BCUT2D eigenvalue weighted by molar-refractivity contribution is 1.05. The van der Waals surface area contributed by atoms with E-state index in [1.54, 1.807) is 0 Å². The molecule has 3 aromatic carbocycles. The zero-order valence-corrected chi connectivity index (χ0v) is 15.4. The van der Waals surface area contributed by atoms with E-state index in [9.17, 15) is 0 Å². The molecule has 5 rings (SSSR count). The lowest BCUT2D eigenvalue weighted by atomic mass is 10.1. The number of hydrogen-bond acceptors (Lipinski definition) is 3. The van der Waals surface area contributed by atoms with Crippen molar-refractivity contribution in [2.75, 3.05) is 5.32 Å². The van der Waals surface area contributed by atoms with Gasteiger partial charge in [0.05, 0.1) is 16.6 Å². The predicted molar refractivity (Wildman–Crippen MR) is 111 cm³/mol. The maximum absolute atomic E-state index is 4.94. The molecule has 0 atom stereocenters. The van der Waals surface area contributed by atoms with Crippen molar-refractivity contribution < 1.29 is 0 Å². The van der Waals surface area contributed by atoms with E-state index in [1.165, 1.54) is 16.7 Å². The molecule has 0 saturated carbocycles. The van der Waals surface area contributed by atoms with E-state index in [0.29, 0.717) is 6.54 Å². The number of nitrogens with zero attached hydrogens (tertiary/aromatic N) is 3. The van der Waals surface area contributed by atoms with Crippen molar-refractivity contribution in [3.63, 3.8) is 0 Å². The number of aryl methyl sites for hydroxylation is 2. The first-order valence-electron chi connectivity index (χ1n) is 9.17. The third-order valence-electron chi connectivity index (χ3n) is 5.15. The van der Waals surface area contributed by atoms with Crippen LogP contribution in [0.1, 0.15) is 16.7 Å². The van der Waals surface area contributed by atoms with Gasteiger partial charge in [-0.1, -0.05) is 42.5 Å². The molecule has 132 valence electrons. The van der Waals surface area contributed by atoms with Gasteiger partial charge in [0, 0.05) is 11.9 Å². The Morgan fingerprint density at radius 2 is 1.56 bits per heavy atom. The van der Waals surface area contributed by atoms with Gasteiger partial charge in [-0.2, -0.15) is 0 Å². The van der Waals surface area contributed by atoms with Gasteiger partial charge in [-0.15, -0.1) is 0 Å². The van der Waals surface area contributed by atoms with Gasteiger partial charge in [0.25, 0.3) is 0 Å². The van der Waals surface area contributed by atoms with Crippen molar-refractivity contribution in [3.8, 4) is 0 Å². The molecule has 0 amide bonds. The maximum Gasteiger partial charge on any atom is 0.210 e. The van der Waals surface area contributed by atoms with E-state index >= 15 is 0 Å². The number of aromatic nitrogens is 3. The van der Waals surface area contributed by atoms with E-state index in [4.69, 9.17) is 9.97 Å². The standard InChI is InChI=1S/C23H20N4/c1-15-12-20-21(13-16(15)2)27-22(25-20)18-10-6-7-11-19(18)26-23(27)24-14-17-8-4-3-5-9-17/h3-13H,14H2,1-2H3,(H,24,26). The minimum atomic E-state index is 0.714.